The molecule has 1 fully saturated rings. The molecule has 3 aromatic rings. The predicted molar refractivity (Wildman–Crippen MR) is 127 cm³/mol. The number of carbonyl (C=O) groups excluding carboxylic acids is 2. The van der Waals surface area contributed by atoms with Gasteiger partial charge in [0, 0.05) is 36.4 Å². The highest BCUT2D eigenvalue weighted by atomic mass is 16.5. The van der Waals surface area contributed by atoms with E-state index in [0.717, 1.165) is 30.8 Å². The van der Waals surface area contributed by atoms with Crippen molar-refractivity contribution in [2.45, 2.75) is 31.9 Å². The Morgan fingerprint density at radius 3 is 2.32 bits per heavy atom. The van der Waals surface area contributed by atoms with Crippen molar-refractivity contribution in [2.24, 2.45) is 5.73 Å². The molecule has 0 spiro atoms. The summed E-state index contributed by atoms with van der Waals surface area (Å²) in [6.45, 7) is 1.22. The van der Waals surface area contributed by atoms with Crippen LogP contribution in [0.25, 0.3) is 5.69 Å². The van der Waals surface area contributed by atoms with Gasteiger partial charge in [0.05, 0.1) is 18.5 Å². The van der Waals surface area contributed by atoms with E-state index in [1.807, 2.05) is 46.2 Å². The fourth-order valence-corrected chi connectivity index (χ4v) is 4.77. The molecule has 1 aromatic heterocycles. The molecule has 0 saturated carbocycles. The van der Waals surface area contributed by atoms with Gasteiger partial charge in [-0.1, -0.05) is 0 Å². The lowest BCUT2D eigenvalue weighted by Crippen LogP contribution is -2.37. The van der Waals surface area contributed by atoms with Gasteiger partial charge in [0.1, 0.15) is 5.75 Å². The number of aliphatic hydroxyl groups excluding tert-OH is 1. The maximum atomic E-state index is 12.3. The lowest BCUT2D eigenvalue weighted by Gasteiger charge is -2.35. The Bertz CT molecular complexity index is 1220. The lowest BCUT2D eigenvalue weighted by molar-refractivity contribution is -0.119. The second-order valence-corrected chi connectivity index (χ2v) is 8.52. The normalized spacial score (nSPS) is 18.1. The van der Waals surface area contributed by atoms with Crippen molar-refractivity contribution in [3.05, 3.63) is 65.5 Å². The molecule has 1 unspecified atom stereocenters. The third kappa shape index (κ3) is 3.77. The molecule has 34 heavy (non-hydrogen) atoms. The van der Waals surface area contributed by atoms with Gasteiger partial charge >= 0.3 is 0 Å². The first kappa shape index (κ1) is 22.0. The summed E-state index contributed by atoms with van der Waals surface area (Å²) in [6, 6.07) is 14.9. The van der Waals surface area contributed by atoms with Crippen molar-refractivity contribution < 1.29 is 19.4 Å². The molecule has 9 nitrogen and oxygen atoms in total. The Morgan fingerprint density at radius 1 is 1.00 bits per heavy atom. The van der Waals surface area contributed by atoms with Crippen molar-refractivity contribution in [1.29, 1.82) is 0 Å². The molecule has 1 saturated heterocycles. The molecule has 5 rings (SSSR count). The number of benzene rings is 2. The van der Waals surface area contributed by atoms with Gasteiger partial charge in [-0.3, -0.25) is 9.59 Å². The first-order valence-corrected chi connectivity index (χ1v) is 11.4. The summed E-state index contributed by atoms with van der Waals surface area (Å²) in [6.07, 6.45) is 1.98. The van der Waals surface area contributed by atoms with Gasteiger partial charge in [-0.05, 0) is 67.8 Å². The number of piperidine rings is 1. The number of ether oxygens (including phenoxy) is 1. The van der Waals surface area contributed by atoms with Crippen molar-refractivity contribution in [3.8, 4) is 11.4 Å². The van der Waals surface area contributed by atoms with E-state index in [0.29, 0.717) is 42.1 Å². The van der Waals surface area contributed by atoms with Crippen LogP contribution in [0.15, 0.2) is 48.5 Å². The summed E-state index contributed by atoms with van der Waals surface area (Å²) in [5.74, 6) is 0.207. The van der Waals surface area contributed by atoms with Gasteiger partial charge in [0.25, 0.3) is 5.91 Å². The van der Waals surface area contributed by atoms with Crippen LogP contribution < -0.4 is 20.3 Å². The molecule has 176 valence electrons. The predicted octanol–water partition coefficient (Wildman–Crippen LogP) is 2.55. The van der Waals surface area contributed by atoms with Crippen molar-refractivity contribution in [1.82, 2.24) is 9.78 Å². The molecule has 2 aromatic carbocycles. The molecule has 1 atom stereocenters. The second-order valence-electron chi connectivity index (χ2n) is 8.52. The molecule has 2 amide bonds. The topological polar surface area (TPSA) is 114 Å². The number of nitrogens with zero attached hydrogens (tertiary/aromatic N) is 4. The highest BCUT2D eigenvalue weighted by Gasteiger charge is 2.34. The third-order valence-corrected chi connectivity index (χ3v) is 6.53. The number of hydrogen-bond acceptors (Lipinski definition) is 6. The van der Waals surface area contributed by atoms with Crippen LogP contribution in [-0.2, 0) is 11.2 Å². The van der Waals surface area contributed by atoms with E-state index in [1.54, 1.807) is 23.9 Å². The number of amides is 2. The molecular weight excluding hydrogens is 434 g/mol. The third-order valence-electron chi connectivity index (χ3n) is 6.53. The summed E-state index contributed by atoms with van der Waals surface area (Å²) in [5, 5.41) is 15.8. The van der Waals surface area contributed by atoms with E-state index in [2.05, 4.69) is 5.10 Å². The number of aromatic nitrogens is 2. The zero-order valence-corrected chi connectivity index (χ0v) is 19.0. The Hall–Kier alpha value is -3.85. The number of hydrogen-bond donors (Lipinski definition) is 2. The summed E-state index contributed by atoms with van der Waals surface area (Å²) in [4.78, 5) is 28.0. The molecule has 0 bridgehead atoms. The van der Waals surface area contributed by atoms with Crippen molar-refractivity contribution in [2.75, 3.05) is 30.0 Å². The van der Waals surface area contributed by atoms with Gasteiger partial charge in [-0.2, -0.15) is 5.10 Å². The van der Waals surface area contributed by atoms with Crippen molar-refractivity contribution >= 4 is 23.2 Å². The van der Waals surface area contributed by atoms with Crippen LogP contribution >= 0.6 is 0 Å². The van der Waals surface area contributed by atoms with E-state index in [-0.39, 0.29) is 11.6 Å². The number of nitrogens with two attached hydrogens (primary N) is 1. The van der Waals surface area contributed by atoms with Crippen LogP contribution in [0, 0.1) is 0 Å². The van der Waals surface area contributed by atoms with Crippen LogP contribution in [0.5, 0.6) is 5.75 Å². The highest BCUT2D eigenvalue weighted by molar-refractivity contribution is 5.94. The first-order valence-electron chi connectivity index (χ1n) is 11.4. The Morgan fingerprint density at radius 2 is 1.68 bits per heavy atom. The minimum atomic E-state index is -1.03. The zero-order chi connectivity index (χ0) is 23.8. The average molecular weight is 462 g/mol. The van der Waals surface area contributed by atoms with E-state index in [9.17, 15) is 14.7 Å². The molecule has 3 heterocycles. The average Bonchev–Trinajstić information content (AvgIpc) is 3.26. The number of primary amides is 1. The van der Waals surface area contributed by atoms with Crippen molar-refractivity contribution in [3.63, 3.8) is 0 Å². The minimum Gasteiger partial charge on any atom is -0.497 e. The molecule has 0 radical (unpaired) electrons. The Labute approximate surface area is 197 Å². The smallest absolute Gasteiger partial charge is 0.269 e. The number of fused-ring (bicyclic) bond motifs is 1. The minimum absolute atomic E-state index is 0.143. The fraction of sp³-hybridized carbons (Fsp3) is 0.320. The number of rotatable bonds is 5. The van der Waals surface area contributed by atoms with E-state index in [4.69, 9.17) is 10.5 Å². The van der Waals surface area contributed by atoms with Crippen LogP contribution in [-0.4, -0.2) is 46.9 Å². The van der Waals surface area contributed by atoms with Gasteiger partial charge < -0.3 is 25.4 Å². The second kappa shape index (κ2) is 8.83. The van der Waals surface area contributed by atoms with Gasteiger partial charge in [0.15, 0.2) is 11.9 Å². The Balaban J connectivity index is 1.48. The van der Waals surface area contributed by atoms with E-state index >= 15 is 0 Å². The standard InChI is InChI=1S/C25H27N5O4/c1-34-19-11-9-18(10-12-19)30-23-20(22(27-30)24(26)32)13-15-29(25(23)33)17-7-5-16(6-8-17)28-14-3-2-4-21(28)31/h5-12,25,33H,2-4,13-15H2,1H3,(H2,26,32). The highest BCUT2D eigenvalue weighted by Crippen LogP contribution is 2.36. The summed E-state index contributed by atoms with van der Waals surface area (Å²) >= 11 is 0. The quantitative estimate of drug-likeness (QED) is 0.604. The van der Waals surface area contributed by atoms with Gasteiger partial charge in [-0.15, -0.1) is 0 Å². The fourth-order valence-electron chi connectivity index (χ4n) is 4.77. The summed E-state index contributed by atoms with van der Waals surface area (Å²) in [7, 11) is 1.59. The van der Waals surface area contributed by atoms with E-state index in [1.165, 1.54) is 0 Å². The molecular formula is C25H27N5O4. The maximum Gasteiger partial charge on any atom is 0.269 e. The number of carbonyl (C=O) groups is 2. The maximum absolute atomic E-state index is 12.3. The zero-order valence-electron chi connectivity index (χ0n) is 19.0. The number of anilines is 2. The van der Waals surface area contributed by atoms with Crippen LogP contribution in [0.1, 0.15) is 47.2 Å². The molecule has 9 heteroatoms. The number of aliphatic hydroxyl groups is 1. The largest absolute Gasteiger partial charge is 0.497 e. The van der Waals surface area contributed by atoms with Gasteiger partial charge in [-0.25, -0.2) is 4.68 Å². The molecule has 2 aliphatic heterocycles. The van der Waals surface area contributed by atoms with Crippen LogP contribution in [0.3, 0.4) is 0 Å². The molecule has 2 aliphatic rings. The van der Waals surface area contributed by atoms with Gasteiger partial charge in [0.2, 0.25) is 5.91 Å². The first-order chi connectivity index (χ1) is 16.5. The molecule has 3 N–H and O–H groups in total. The molecule has 0 aliphatic carbocycles. The van der Waals surface area contributed by atoms with Crippen LogP contribution in [0.2, 0.25) is 0 Å². The van der Waals surface area contributed by atoms with Crippen LogP contribution in [0.4, 0.5) is 11.4 Å². The summed E-state index contributed by atoms with van der Waals surface area (Å²) < 4.78 is 6.81. The number of methoxy groups -OCH3 is 1. The Kier molecular flexibility index (Phi) is 5.70. The lowest BCUT2D eigenvalue weighted by atomic mass is 10.0. The SMILES string of the molecule is COc1ccc(-n2nc(C(N)=O)c3c2C(O)N(c2ccc(N4CCCCC4=O)cc2)CC3)cc1. The van der Waals surface area contributed by atoms with E-state index < -0.39 is 12.1 Å². The monoisotopic (exact) mass is 461 g/mol. The summed E-state index contributed by atoms with van der Waals surface area (Å²) in [5.41, 5.74) is 9.30.